The average molecular weight is 390 g/mol. The van der Waals surface area contributed by atoms with Crippen molar-refractivity contribution in [2.45, 2.75) is 31.2 Å². The second-order valence-corrected chi connectivity index (χ2v) is 7.81. The molecule has 1 atom stereocenters. The Morgan fingerprint density at radius 2 is 2.04 bits per heavy atom. The lowest BCUT2D eigenvalue weighted by atomic mass is 10.0. The third-order valence-electron chi connectivity index (χ3n) is 4.11. The van der Waals surface area contributed by atoms with E-state index < -0.39 is 16.1 Å². The van der Waals surface area contributed by atoms with Crippen molar-refractivity contribution in [3.63, 3.8) is 0 Å². The first-order valence-corrected chi connectivity index (χ1v) is 10.2. The molecule has 144 valence electrons. The van der Waals surface area contributed by atoms with Crippen molar-refractivity contribution in [3.05, 3.63) is 48.0 Å². The van der Waals surface area contributed by atoms with E-state index in [9.17, 15) is 13.2 Å². The van der Waals surface area contributed by atoms with E-state index in [4.69, 9.17) is 9.47 Å². The van der Waals surface area contributed by atoms with Crippen molar-refractivity contribution in [3.8, 4) is 11.5 Å². The highest BCUT2D eigenvalue weighted by Crippen LogP contribution is 2.34. The van der Waals surface area contributed by atoms with Crippen LogP contribution in [0.4, 0.5) is 5.69 Å². The Balaban J connectivity index is 1.95. The smallest absolute Gasteiger partial charge is 0.244 e. The Kier molecular flexibility index (Phi) is 5.67. The van der Waals surface area contributed by atoms with Gasteiger partial charge >= 0.3 is 0 Å². The highest BCUT2D eigenvalue weighted by molar-refractivity contribution is 7.89. The van der Waals surface area contributed by atoms with Crippen molar-refractivity contribution in [1.82, 2.24) is 4.72 Å². The van der Waals surface area contributed by atoms with Gasteiger partial charge in [-0.2, -0.15) is 0 Å². The number of hydrogen-bond donors (Lipinski definition) is 2. The lowest BCUT2D eigenvalue weighted by molar-refractivity contribution is -0.114. The number of anilines is 1. The standard InChI is InChI=1S/C19H22N2O5S/c1-3-25-18-9-8-14(20-13(2)22)12-19(18)27(23,24)21-16-10-11-26-17-7-5-4-6-15(16)17/h4-9,12,16,21H,3,10-11H2,1-2H3,(H,20,22). The quantitative estimate of drug-likeness (QED) is 0.791. The Morgan fingerprint density at radius 3 is 2.78 bits per heavy atom. The number of hydrogen-bond acceptors (Lipinski definition) is 5. The highest BCUT2D eigenvalue weighted by Gasteiger charge is 2.28. The number of benzene rings is 2. The zero-order valence-corrected chi connectivity index (χ0v) is 16.0. The summed E-state index contributed by atoms with van der Waals surface area (Å²) in [4.78, 5) is 11.3. The molecule has 0 aromatic heterocycles. The maximum absolute atomic E-state index is 13.1. The number of nitrogens with one attached hydrogen (secondary N) is 2. The molecule has 0 fully saturated rings. The Hall–Kier alpha value is -2.58. The van der Waals surface area contributed by atoms with Crippen LogP contribution in [0.2, 0.25) is 0 Å². The molecule has 1 aliphatic heterocycles. The van der Waals surface area contributed by atoms with Gasteiger partial charge in [0.2, 0.25) is 15.9 Å². The van der Waals surface area contributed by atoms with Crippen LogP contribution < -0.4 is 19.5 Å². The molecule has 8 heteroatoms. The summed E-state index contributed by atoms with van der Waals surface area (Å²) in [7, 11) is -3.90. The molecule has 1 aliphatic rings. The van der Waals surface area contributed by atoms with Gasteiger partial charge in [0.25, 0.3) is 0 Å². The molecule has 1 heterocycles. The first-order valence-electron chi connectivity index (χ1n) is 8.69. The number of amides is 1. The molecule has 0 saturated heterocycles. The van der Waals surface area contributed by atoms with Crippen LogP contribution in [0.15, 0.2) is 47.4 Å². The fraction of sp³-hybridized carbons (Fsp3) is 0.316. The van der Waals surface area contributed by atoms with E-state index in [0.29, 0.717) is 31.1 Å². The van der Waals surface area contributed by atoms with E-state index in [1.54, 1.807) is 19.1 Å². The molecule has 2 aromatic carbocycles. The van der Waals surface area contributed by atoms with Crippen LogP contribution in [0.5, 0.6) is 11.5 Å². The summed E-state index contributed by atoms with van der Waals surface area (Å²) in [5, 5.41) is 2.60. The van der Waals surface area contributed by atoms with Gasteiger partial charge in [-0.15, -0.1) is 0 Å². The van der Waals surface area contributed by atoms with Crippen molar-refractivity contribution in [2.24, 2.45) is 0 Å². The second kappa shape index (κ2) is 7.98. The molecule has 2 aromatic rings. The van der Waals surface area contributed by atoms with Crippen LogP contribution in [-0.2, 0) is 14.8 Å². The van der Waals surface area contributed by atoms with Gasteiger partial charge in [0.15, 0.2) is 0 Å². The summed E-state index contributed by atoms with van der Waals surface area (Å²) in [6, 6.07) is 11.5. The number of carbonyl (C=O) groups is 1. The largest absolute Gasteiger partial charge is 0.493 e. The molecule has 2 N–H and O–H groups in total. The minimum absolute atomic E-state index is 0.0143. The van der Waals surface area contributed by atoms with Gasteiger partial charge < -0.3 is 14.8 Å². The van der Waals surface area contributed by atoms with E-state index >= 15 is 0 Å². The van der Waals surface area contributed by atoms with Crippen molar-refractivity contribution in [1.29, 1.82) is 0 Å². The maximum atomic E-state index is 13.1. The minimum Gasteiger partial charge on any atom is -0.493 e. The number of fused-ring (bicyclic) bond motifs is 1. The Bertz CT molecular complexity index is 943. The van der Waals surface area contributed by atoms with Crippen molar-refractivity contribution < 1.29 is 22.7 Å². The van der Waals surface area contributed by atoms with E-state index in [0.717, 1.165) is 5.56 Å². The van der Waals surface area contributed by atoms with Gasteiger partial charge in [-0.25, -0.2) is 13.1 Å². The van der Waals surface area contributed by atoms with Crippen LogP contribution in [0.3, 0.4) is 0 Å². The van der Waals surface area contributed by atoms with E-state index in [-0.39, 0.29) is 16.6 Å². The average Bonchev–Trinajstić information content (AvgIpc) is 2.63. The van der Waals surface area contributed by atoms with Crippen molar-refractivity contribution in [2.75, 3.05) is 18.5 Å². The molecule has 0 radical (unpaired) electrons. The monoisotopic (exact) mass is 390 g/mol. The molecular weight excluding hydrogens is 368 g/mol. The molecule has 1 unspecified atom stereocenters. The van der Waals surface area contributed by atoms with Crippen LogP contribution in [0.1, 0.15) is 31.9 Å². The number of sulfonamides is 1. The predicted octanol–water partition coefficient (Wildman–Crippen LogP) is 2.85. The molecule has 27 heavy (non-hydrogen) atoms. The normalized spacial score (nSPS) is 16.1. The van der Waals surface area contributed by atoms with Crippen LogP contribution in [0, 0.1) is 0 Å². The fourth-order valence-electron chi connectivity index (χ4n) is 2.99. The van der Waals surface area contributed by atoms with E-state index in [2.05, 4.69) is 10.0 Å². The minimum atomic E-state index is -3.90. The third-order valence-corrected chi connectivity index (χ3v) is 5.60. The van der Waals surface area contributed by atoms with Crippen LogP contribution in [0.25, 0.3) is 0 Å². The molecule has 0 aliphatic carbocycles. The number of ether oxygens (including phenoxy) is 2. The number of rotatable bonds is 6. The number of para-hydroxylation sites is 1. The van der Waals surface area contributed by atoms with Gasteiger partial charge in [-0.1, -0.05) is 18.2 Å². The lowest BCUT2D eigenvalue weighted by Crippen LogP contribution is -2.32. The number of carbonyl (C=O) groups excluding carboxylic acids is 1. The third kappa shape index (κ3) is 4.40. The van der Waals surface area contributed by atoms with Gasteiger partial charge in [0.05, 0.1) is 19.3 Å². The topological polar surface area (TPSA) is 93.7 Å². The van der Waals surface area contributed by atoms with Crippen molar-refractivity contribution >= 4 is 21.6 Å². The first-order chi connectivity index (χ1) is 12.9. The summed E-state index contributed by atoms with van der Waals surface area (Å²) in [5.74, 6) is 0.627. The lowest BCUT2D eigenvalue weighted by Gasteiger charge is -2.26. The first kappa shape index (κ1) is 19.2. The zero-order valence-electron chi connectivity index (χ0n) is 15.2. The Morgan fingerprint density at radius 1 is 1.26 bits per heavy atom. The molecule has 3 rings (SSSR count). The maximum Gasteiger partial charge on any atom is 0.244 e. The summed E-state index contributed by atoms with van der Waals surface area (Å²) in [6.07, 6.45) is 0.519. The van der Waals surface area contributed by atoms with Gasteiger partial charge in [0.1, 0.15) is 16.4 Å². The second-order valence-electron chi connectivity index (χ2n) is 6.12. The van der Waals surface area contributed by atoms with Gasteiger partial charge in [-0.05, 0) is 31.2 Å². The summed E-state index contributed by atoms with van der Waals surface area (Å²) < 4.78 is 40.0. The van der Waals surface area contributed by atoms with Crippen LogP contribution in [-0.4, -0.2) is 27.5 Å². The molecule has 0 saturated carbocycles. The molecule has 7 nitrogen and oxygen atoms in total. The van der Waals surface area contributed by atoms with E-state index in [1.807, 2.05) is 24.3 Å². The van der Waals surface area contributed by atoms with Gasteiger partial charge in [-0.3, -0.25) is 4.79 Å². The Labute approximate surface area is 158 Å². The fourth-order valence-corrected chi connectivity index (χ4v) is 4.41. The summed E-state index contributed by atoms with van der Waals surface area (Å²) in [6.45, 7) is 3.89. The predicted molar refractivity (Wildman–Crippen MR) is 102 cm³/mol. The van der Waals surface area contributed by atoms with Crippen LogP contribution >= 0.6 is 0 Å². The summed E-state index contributed by atoms with van der Waals surface area (Å²) >= 11 is 0. The molecule has 0 bridgehead atoms. The summed E-state index contributed by atoms with van der Waals surface area (Å²) in [5.41, 5.74) is 1.18. The highest BCUT2D eigenvalue weighted by atomic mass is 32.2. The molecule has 1 amide bonds. The van der Waals surface area contributed by atoms with E-state index in [1.165, 1.54) is 13.0 Å². The molecular formula is C19H22N2O5S. The SMILES string of the molecule is CCOc1ccc(NC(C)=O)cc1S(=O)(=O)NC1CCOc2ccccc21. The van der Waals surface area contributed by atoms with Gasteiger partial charge in [0, 0.05) is 24.6 Å². The molecule has 0 spiro atoms. The zero-order chi connectivity index (χ0) is 19.4.